The number of nitrogens with one attached hydrogen (secondary N) is 1. The van der Waals surface area contributed by atoms with E-state index >= 15 is 0 Å². The van der Waals surface area contributed by atoms with Gasteiger partial charge in [0.25, 0.3) is 0 Å². The van der Waals surface area contributed by atoms with Crippen LogP contribution in [0.15, 0.2) is 59.7 Å². The molecule has 0 spiro atoms. The Bertz CT molecular complexity index is 562. The minimum Gasteiger partial charge on any atom is -0.497 e. The SMILES string of the molecule is COc1ccc(N/N=C/C(=O)c2ccccc2)cc1. The minimum atomic E-state index is -0.137. The molecule has 0 amide bonds. The van der Waals surface area contributed by atoms with Crippen molar-refractivity contribution < 1.29 is 9.53 Å². The molecule has 0 saturated heterocycles. The van der Waals surface area contributed by atoms with E-state index < -0.39 is 0 Å². The van der Waals surface area contributed by atoms with Gasteiger partial charge >= 0.3 is 0 Å². The Kier molecular flexibility index (Phi) is 4.29. The molecule has 2 aromatic rings. The van der Waals surface area contributed by atoms with Crippen molar-refractivity contribution in [1.29, 1.82) is 0 Å². The largest absolute Gasteiger partial charge is 0.497 e. The Hall–Kier alpha value is -2.62. The van der Waals surface area contributed by atoms with Crippen LogP contribution in [0.25, 0.3) is 0 Å². The van der Waals surface area contributed by atoms with Gasteiger partial charge in [-0.3, -0.25) is 10.2 Å². The monoisotopic (exact) mass is 254 g/mol. The number of ether oxygens (including phenoxy) is 1. The number of nitrogens with zero attached hydrogens (tertiary/aromatic N) is 1. The molecule has 0 fully saturated rings. The van der Waals surface area contributed by atoms with E-state index in [-0.39, 0.29) is 5.78 Å². The molecule has 2 aromatic carbocycles. The van der Waals surface area contributed by atoms with Crippen LogP contribution in [-0.4, -0.2) is 19.1 Å². The van der Waals surface area contributed by atoms with Crippen molar-refractivity contribution in [3.05, 3.63) is 60.2 Å². The van der Waals surface area contributed by atoms with Crippen LogP contribution < -0.4 is 10.2 Å². The Labute approximate surface area is 111 Å². The summed E-state index contributed by atoms with van der Waals surface area (Å²) in [5, 5.41) is 3.91. The molecule has 0 saturated carbocycles. The lowest BCUT2D eigenvalue weighted by molar-refractivity contribution is 0.107. The highest BCUT2D eigenvalue weighted by molar-refractivity contribution is 6.35. The maximum atomic E-state index is 11.7. The Balaban J connectivity index is 1.94. The number of ketones is 1. The summed E-state index contributed by atoms with van der Waals surface area (Å²) in [5.41, 5.74) is 4.19. The molecule has 0 atom stereocenters. The molecule has 0 aliphatic heterocycles. The first kappa shape index (κ1) is 12.8. The van der Waals surface area contributed by atoms with E-state index in [1.807, 2.05) is 42.5 Å². The zero-order valence-electron chi connectivity index (χ0n) is 10.5. The van der Waals surface area contributed by atoms with Gasteiger partial charge in [0.1, 0.15) is 5.75 Å². The standard InChI is InChI=1S/C15H14N2O2/c1-19-14-9-7-13(8-10-14)17-16-11-15(18)12-5-3-2-4-6-12/h2-11,17H,1H3/b16-11+. The van der Waals surface area contributed by atoms with E-state index in [1.54, 1.807) is 19.2 Å². The van der Waals surface area contributed by atoms with Crippen molar-refractivity contribution in [2.24, 2.45) is 5.10 Å². The molecular weight excluding hydrogens is 240 g/mol. The van der Waals surface area contributed by atoms with Crippen LogP contribution in [0.3, 0.4) is 0 Å². The zero-order chi connectivity index (χ0) is 13.5. The van der Waals surface area contributed by atoms with Crippen LogP contribution in [0.1, 0.15) is 10.4 Å². The predicted octanol–water partition coefficient (Wildman–Crippen LogP) is 2.98. The van der Waals surface area contributed by atoms with Crippen LogP contribution in [-0.2, 0) is 0 Å². The Morgan fingerprint density at radius 3 is 2.42 bits per heavy atom. The van der Waals surface area contributed by atoms with E-state index in [4.69, 9.17) is 4.74 Å². The summed E-state index contributed by atoms with van der Waals surface area (Å²) < 4.78 is 5.05. The molecule has 19 heavy (non-hydrogen) atoms. The van der Waals surface area contributed by atoms with Gasteiger partial charge < -0.3 is 4.74 Å². The zero-order valence-corrected chi connectivity index (χ0v) is 10.5. The Morgan fingerprint density at radius 2 is 1.79 bits per heavy atom. The van der Waals surface area contributed by atoms with E-state index in [2.05, 4.69) is 10.5 Å². The molecule has 0 radical (unpaired) electrons. The van der Waals surface area contributed by atoms with Gasteiger partial charge in [0.2, 0.25) is 5.78 Å². The first-order valence-electron chi connectivity index (χ1n) is 5.82. The molecular formula is C15H14N2O2. The molecule has 0 heterocycles. The lowest BCUT2D eigenvalue weighted by Crippen LogP contribution is -2.01. The first-order valence-corrected chi connectivity index (χ1v) is 5.82. The molecule has 0 unspecified atom stereocenters. The van der Waals surface area contributed by atoms with Crippen molar-refractivity contribution in [2.45, 2.75) is 0 Å². The first-order chi connectivity index (χ1) is 9.29. The van der Waals surface area contributed by atoms with Crippen LogP contribution in [0, 0.1) is 0 Å². The average molecular weight is 254 g/mol. The molecule has 0 aromatic heterocycles. The van der Waals surface area contributed by atoms with Gasteiger partial charge in [-0.05, 0) is 24.3 Å². The molecule has 1 N–H and O–H groups in total. The maximum Gasteiger partial charge on any atom is 0.205 e. The van der Waals surface area contributed by atoms with Crippen LogP contribution in [0.2, 0.25) is 0 Å². The second-order valence-electron chi connectivity index (χ2n) is 3.83. The van der Waals surface area contributed by atoms with Gasteiger partial charge in [0.05, 0.1) is 19.0 Å². The second-order valence-corrected chi connectivity index (χ2v) is 3.83. The molecule has 4 nitrogen and oxygen atoms in total. The van der Waals surface area contributed by atoms with Crippen molar-refractivity contribution in [2.75, 3.05) is 12.5 Å². The summed E-state index contributed by atoms with van der Waals surface area (Å²) in [4.78, 5) is 11.7. The number of carbonyl (C=O) groups is 1. The molecule has 0 aliphatic carbocycles. The number of hydrogen-bond acceptors (Lipinski definition) is 4. The third-order valence-corrected chi connectivity index (χ3v) is 2.52. The quantitative estimate of drug-likeness (QED) is 0.507. The molecule has 0 aliphatic rings. The van der Waals surface area contributed by atoms with Gasteiger partial charge in [0, 0.05) is 5.56 Å². The van der Waals surface area contributed by atoms with Gasteiger partial charge in [-0.15, -0.1) is 0 Å². The third kappa shape index (κ3) is 3.67. The van der Waals surface area contributed by atoms with E-state index in [0.29, 0.717) is 5.56 Å². The highest BCUT2D eigenvalue weighted by Crippen LogP contribution is 2.14. The maximum absolute atomic E-state index is 11.7. The fraction of sp³-hybridized carbons (Fsp3) is 0.0667. The number of methoxy groups -OCH3 is 1. The smallest absolute Gasteiger partial charge is 0.205 e. The number of hydrazone groups is 1. The minimum absolute atomic E-state index is 0.137. The van der Waals surface area contributed by atoms with Crippen LogP contribution in [0.4, 0.5) is 5.69 Å². The summed E-state index contributed by atoms with van der Waals surface area (Å²) >= 11 is 0. The summed E-state index contributed by atoms with van der Waals surface area (Å²) in [7, 11) is 1.61. The van der Waals surface area contributed by atoms with Crippen molar-refractivity contribution in [3.63, 3.8) is 0 Å². The van der Waals surface area contributed by atoms with E-state index in [1.165, 1.54) is 6.21 Å². The summed E-state index contributed by atoms with van der Waals surface area (Å²) in [5.74, 6) is 0.636. The number of benzene rings is 2. The van der Waals surface area contributed by atoms with Gasteiger partial charge in [-0.25, -0.2) is 0 Å². The summed E-state index contributed by atoms with van der Waals surface area (Å²) in [6, 6.07) is 16.3. The highest BCUT2D eigenvalue weighted by Gasteiger charge is 2.00. The summed E-state index contributed by atoms with van der Waals surface area (Å²) in [6.45, 7) is 0. The van der Waals surface area contributed by atoms with Crippen molar-refractivity contribution in [1.82, 2.24) is 0 Å². The second kappa shape index (κ2) is 6.35. The summed E-state index contributed by atoms with van der Waals surface area (Å²) in [6.07, 6.45) is 1.26. The number of Topliss-reactive ketones (excluding diaryl/α,β-unsaturated/α-hetero) is 1. The Morgan fingerprint density at radius 1 is 1.11 bits per heavy atom. The van der Waals surface area contributed by atoms with E-state index in [0.717, 1.165) is 11.4 Å². The van der Waals surface area contributed by atoms with Gasteiger partial charge in [0.15, 0.2) is 0 Å². The third-order valence-electron chi connectivity index (χ3n) is 2.52. The average Bonchev–Trinajstić information content (AvgIpc) is 2.49. The molecule has 4 heteroatoms. The van der Waals surface area contributed by atoms with Gasteiger partial charge in [-0.1, -0.05) is 30.3 Å². The topological polar surface area (TPSA) is 50.7 Å². The van der Waals surface area contributed by atoms with Crippen molar-refractivity contribution >= 4 is 17.7 Å². The van der Waals surface area contributed by atoms with Crippen LogP contribution in [0.5, 0.6) is 5.75 Å². The number of rotatable bonds is 5. The highest BCUT2D eigenvalue weighted by atomic mass is 16.5. The predicted molar refractivity (Wildman–Crippen MR) is 75.9 cm³/mol. The molecule has 96 valence electrons. The molecule has 0 bridgehead atoms. The lowest BCUT2D eigenvalue weighted by Gasteiger charge is -2.02. The van der Waals surface area contributed by atoms with E-state index in [9.17, 15) is 4.79 Å². The fourth-order valence-electron chi connectivity index (χ4n) is 1.51. The lowest BCUT2D eigenvalue weighted by atomic mass is 10.1. The van der Waals surface area contributed by atoms with Crippen LogP contribution >= 0.6 is 0 Å². The number of carbonyl (C=O) groups excluding carboxylic acids is 1. The fourth-order valence-corrected chi connectivity index (χ4v) is 1.51. The number of hydrogen-bond donors (Lipinski definition) is 1. The number of anilines is 1. The molecule has 2 rings (SSSR count). The van der Waals surface area contributed by atoms with Crippen molar-refractivity contribution in [3.8, 4) is 5.75 Å². The van der Waals surface area contributed by atoms with Gasteiger partial charge in [-0.2, -0.15) is 5.10 Å². The normalized spacial score (nSPS) is 10.4.